The molecule has 4 rings (SSSR count). The number of likely N-dealkylation sites (N-methyl/N-ethyl adjacent to an activating group) is 1. The quantitative estimate of drug-likeness (QED) is 0.529. The van der Waals surface area contributed by atoms with Gasteiger partial charge in [0.2, 0.25) is 0 Å². The fraction of sp³-hybridized carbons (Fsp3) is 0.552. The van der Waals surface area contributed by atoms with E-state index in [9.17, 15) is 9.90 Å². The van der Waals surface area contributed by atoms with Gasteiger partial charge in [-0.2, -0.15) is 0 Å². The highest BCUT2D eigenvalue weighted by Crippen LogP contribution is 2.38. The first kappa shape index (κ1) is 24.7. The number of rotatable bonds is 8. The molecule has 3 aliphatic rings. The number of hydrogen-bond acceptors (Lipinski definition) is 4. The largest absolute Gasteiger partial charge is 0.478 e. The van der Waals surface area contributed by atoms with Crippen LogP contribution in [-0.4, -0.2) is 73.7 Å². The van der Waals surface area contributed by atoms with Crippen molar-refractivity contribution in [3.63, 3.8) is 0 Å². The zero-order valence-corrected chi connectivity index (χ0v) is 20.8. The Morgan fingerprint density at radius 2 is 1.76 bits per heavy atom. The average molecular weight is 464 g/mol. The summed E-state index contributed by atoms with van der Waals surface area (Å²) in [7, 11) is 2.08. The van der Waals surface area contributed by atoms with Crippen LogP contribution in [0.2, 0.25) is 0 Å². The Balaban J connectivity index is 1.35. The maximum atomic E-state index is 12.1. The van der Waals surface area contributed by atoms with Crippen LogP contribution in [-0.2, 0) is 0 Å². The molecule has 0 bridgehead atoms. The van der Waals surface area contributed by atoms with Gasteiger partial charge in [-0.05, 0) is 42.4 Å². The van der Waals surface area contributed by atoms with Gasteiger partial charge in [0.15, 0.2) is 0 Å². The number of carbonyl (C=O) groups is 1. The number of nitrogens with zero attached hydrogens (tertiary/aromatic N) is 3. The minimum absolute atomic E-state index is 0.452. The topological polar surface area (TPSA) is 47.0 Å². The highest BCUT2D eigenvalue weighted by atomic mass is 16.4. The van der Waals surface area contributed by atoms with E-state index in [1.807, 2.05) is 6.07 Å². The molecule has 5 heteroatoms. The van der Waals surface area contributed by atoms with Crippen molar-refractivity contribution in [2.75, 3.05) is 57.8 Å². The molecule has 184 valence electrons. The Morgan fingerprint density at radius 1 is 1.03 bits per heavy atom. The number of para-hydroxylation sites is 1. The van der Waals surface area contributed by atoms with Crippen LogP contribution in [0.3, 0.4) is 0 Å². The first-order valence-electron chi connectivity index (χ1n) is 13.2. The second-order valence-electron chi connectivity index (χ2n) is 10.1. The van der Waals surface area contributed by atoms with Gasteiger partial charge in [0.05, 0.1) is 11.3 Å². The van der Waals surface area contributed by atoms with Crippen LogP contribution >= 0.6 is 0 Å². The van der Waals surface area contributed by atoms with Crippen LogP contribution in [0.25, 0.3) is 0 Å². The SMILES string of the molecule is CN(CCN1CCN(CC2=CCC=CC=C2)CC1)c1c(C(=O)O)cccc1C1CCCCCC1. The second kappa shape index (κ2) is 12.4. The number of anilines is 1. The monoisotopic (exact) mass is 463 g/mol. The maximum Gasteiger partial charge on any atom is 0.337 e. The van der Waals surface area contributed by atoms with E-state index in [-0.39, 0.29) is 0 Å². The fourth-order valence-electron chi connectivity index (χ4n) is 5.65. The minimum Gasteiger partial charge on any atom is -0.478 e. The van der Waals surface area contributed by atoms with Crippen molar-refractivity contribution >= 4 is 11.7 Å². The number of allylic oxidation sites excluding steroid dienone is 4. The van der Waals surface area contributed by atoms with Crippen molar-refractivity contribution in [3.8, 4) is 0 Å². The molecule has 1 aromatic rings. The number of piperazine rings is 1. The number of benzene rings is 1. The van der Waals surface area contributed by atoms with Crippen LogP contribution < -0.4 is 4.90 Å². The van der Waals surface area contributed by atoms with Crippen LogP contribution in [0, 0.1) is 0 Å². The van der Waals surface area contributed by atoms with E-state index in [4.69, 9.17) is 0 Å². The van der Waals surface area contributed by atoms with E-state index >= 15 is 0 Å². The lowest BCUT2D eigenvalue weighted by molar-refractivity contribution is 0.0697. The molecule has 34 heavy (non-hydrogen) atoms. The van der Waals surface area contributed by atoms with E-state index in [0.29, 0.717) is 11.5 Å². The predicted molar refractivity (Wildman–Crippen MR) is 141 cm³/mol. The fourth-order valence-corrected chi connectivity index (χ4v) is 5.65. The van der Waals surface area contributed by atoms with Crippen molar-refractivity contribution in [2.45, 2.75) is 50.9 Å². The van der Waals surface area contributed by atoms with Gasteiger partial charge in [-0.1, -0.05) is 68.2 Å². The zero-order chi connectivity index (χ0) is 23.8. The number of carboxylic acids is 1. The van der Waals surface area contributed by atoms with Gasteiger partial charge in [-0.3, -0.25) is 9.80 Å². The number of aromatic carboxylic acids is 1. The number of hydrogen-bond donors (Lipinski definition) is 1. The molecule has 1 saturated heterocycles. The van der Waals surface area contributed by atoms with Crippen LogP contribution in [0.4, 0.5) is 5.69 Å². The highest BCUT2D eigenvalue weighted by Gasteiger charge is 2.24. The standard InChI is InChI=1S/C29H41N3O2/c1-30(17-18-31-19-21-32(22-20-31)23-24-11-6-2-3-7-12-24)28-26(15-10-16-27(28)29(33)34)25-13-8-4-5-9-14-25/h2-3,6,10-12,15-16,25H,4-5,7-9,13-14,17-23H2,1H3,(H,33,34). The smallest absolute Gasteiger partial charge is 0.337 e. The molecule has 1 saturated carbocycles. The third-order valence-electron chi connectivity index (χ3n) is 7.67. The molecule has 0 amide bonds. The van der Waals surface area contributed by atoms with E-state index in [0.717, 1.165) is 57.9 Å². The van der Waals surface area contributed by atoms with Crippen LogP contribution in [0.5, 0.6) is 0 Å². The summed E-state index contributed by atoms with van der Waals surface area (Å²) in [6.45, 7) is 7.15. The van der Waals surface area contributed by atoms with Crippen molar-refractivity contribution in [2.24, 2.45) is 0 Å². The molecule has 0 unspecified atom stereocenters. The highest BCUT2D eigenvalue weighted by molar-refractivity contribution is 5.95. The molecule has 1 heterocycles. The molecule has 1 aromatic carbocycles. The van der Waals surface area contributed by atoms with Crippen molar-refractivity contribution < 1.29 is 9.90 Å². The average Bonchev–Trinajstić information content (AvgIpc) is 3.28. The van der Waals surface area contributed by atoms with Crippen LogP contribution in [0.1, 0.15) is 66.8 Å². The molecule has 0 aromatic heterocycles. The van der Waals surface area contributed by atoms with Gasteiger partial charge in [0.1, 0.15) is 0 Å². The van der Waals surface area contributed by atoms with E-state index in [1.54, 1.807) is 6.07 Å². The molecular weight excluding hydrogens is 422 g/mol. The third-order valence-corrected chi connectivity index (χ3v) is 7.67. The summed E-state index contributed by atoms with van der Waals surface area (Å²) < 4.78 is 0. The lowest BCUT2D eigenvalue weighted by Crippen LogP contribution is -2.48. The van der Waals surface area contributed by atoms with E-state index in [2.05, 4.69) is 58.2 Å². The van der Waals surface area contributed by atoms with Gasteiger partial charge in [0.25, 0.3) is 0 Å². The summed E-state index contributed by atoms with van der Waals surface area (Å²) in [6, 6.07) is 5.90. The first-order valence-corrected chi connectivity index (χ1v) is 13.2. The number of carboxylic acid groups (broad SMARTS) is 1. The lowest BCUT2D eigenvalue weighted by atomic mass is 9.88. The molecule has 5 nitrogen and oxygen atoms in total. The summed E-state index contributed by atoms with van der Waals surface area (Å²) in [5, 5.41) is 9.94. The van der Waals surface area contributed by atoms with Crippen molar-refractivity contribution in [1.29, 1.82) is 0 Å². The van der Waals surface area contributed by atoms with E-state index in [1.165, 1.54) is 49.7 Å². The predicted octanol–water partition coefficient (Wildman–Crippen LogP) is 5.32. The first-order chi connectivity index (χ1) is 16.6. The van der Waals surface area contributed by atoms with Crippen molar-refractivity contribution in [1.82, 2.24) is 9.80 Å². The summed E-state index contributed by atoms with van der Waals surface area (Å²) in [4.78, 5) is 19.4. The molecular formula is C29H41N3O2. The van der Waals surface area contributed by atoms with Gasteiger partial charge < -0.3 is 10.0 Å². The minimum atomic E-state index is -0.817. The Labute approximate surface area is 205 Å². The molecule has 1 aliphatic heterocycles. The van der Waals surface area contributed by atoms with Gasteiger partial charge in [-0.25, -0.2) is 4.79 Å². The zero-order valence-electron chi connectivity index (χ0n) is 20.8. The third kappa shape index (κ3) is 6.61. The molecule has 1 N–H and O–H groups in total. The summed E-state index contributed by atoms with van der Waals surface area (Å²) in [6.07, 6.45) is 19.5. The van der Waals surface area contributed by atoms with Gasteiger partial charge >= 0.3 is 5.97 Å². The van der Waals surface area contributed by atoms with Crippen molar-refractivity contribution in [3.05, 3.63) is 65.3 Å². The Kier molecular flexibility index (Phi) is 9.00. The molecule has 2 fully saturated rings. The molecule has 2 aliphatic carbocycles. The van der Waals surface area contributed by atoms with Gasteiger partial charge in [0, 0.05) is 52.9 Å². The summed E-state index contributed by atoms with van der Waals surface area (Å²) >= 11 is 0. The Bertz CT molecular complexity index is 904. The Morgan fingerprint density at radius 3 is 2.50 bits per heavy atom. The Hall–Kier alpha value is -2.37. The van der Waals surface area contributed by atoms with Gasteiger partial charge in [-0.15, -0.1) is 0 Å². The summed E-state index contributed by atoms with van der Waals surface area (Å²) in [5.41, 5.74) is 4.05. The molecule has 0 radical (unpaired) electrons. The maximum absolute atomic E-state index is 12.1. The normalized spacial score (nSPS) is 20.6. The van der Waals surface area contributed by atoms with E-state index < -0.39 is 5.97 Å². The summed E-state index contributed by atoms with van der Waals surface area (Å²) in [5.74, 6) is -0.340. The van der Waals surface area contributed by atoms with Crippen LogP contribution in [0.15, 0.2) is 54.2 Å². The second-order valence-corrected chi connectivity index (χ2v) is 10.1. The molecule has 0 atom stereocenters. The lowest BCUT2D eigenvalue weighted by Gasteiger charge is -2.36. The molecule has 0 spiro atoms.